The Bertz CT molecular complexity index is 568. The number of hydrogen-bond acceptors (Lipinski definition) is 3. The zero-order valence-electron chi connectivity index (χ0n) is 8.65. The lowest BCUT2D eigenvalue weighted by Crippen LogP contribution is -2.05. The molecule has 1 heterocycles. The maximum Gasteiger partial charge on any atom is 0.417 e. The topological polar surface area (TPSA) is 17.8 Å². The molecule has 0 aliphatic heterocycles. The Balaban J connectivity index is 2.47. The maximum atomic E-state index is 12.7. The van der Waals surface area contributed by atoms with E-state index in [0.29, 0.717) is 11.3 Å². The highest BCUT2D eigenvalue weighted by Crippen LogP contribution is 2.37. The monoisotopic (exact) mass is 310 g/mol. The fourth-order valence-corrected chi connectivity index (χ4v) is 2.13. The van der Waals surface area contributed by atoms with Crippen molar-refractivity contribution in [2.45, 2.75) is 6.18 Å². The fourth-order valence-electron chi connectivity index (χ4n) is 1.40. The fraction of sp³-hybridized carbons (Fsp3) is 0.100. The van der Waals surface area contributed by atoms with Crippen LogP contribution in [0, 0.1) is 0 Å². The highest BCUT2D eigenvalue weighted by Gasteiger charge is 2.33. The van der Waals surface area contributed by atoms with Crippen molar-refractivity contribution in [3.63, 3.8) is 0 Å². The minimum atomic E-state index is -4.48. The Hall–Kier alpha value is -0.790. The normalized spacial score (nSPS) is 11.8. The second-order valence-corrected chi connectivity index (χ2v) is 4.87. The number of aromatic nitrogens is 2. The molecular weight excluding hydrogens is 305 g/mol. The number of rotatable bonds is 2. The molecule has 0 aliphatic rings. The summed E-state index contributed by atoms with van der Waals surface area (Å²) in [6.45, 7) is 0. The molecule has 2 aromatic rings. The molecule has 96 valence electrons. The Morgan fingerprint density at radius 2 is 2.06 bits per heavy atom. The Kier molecular flexibility index (Phi) is 3.84. The van der Waals surface area contributed by atoms with Crippen LogP contribution in [0.2, 0.25) is 5.02 Å². The number of nitrogens with zero attached hydrogens (tertiary/aromatic N) is 2. The smallest absolute Gasteiger partial charge is 0.270 e. The van der Waals surface area contributed by atoms with Gasteiger partial charge in [0.2, 0.25) is 0 Å². The van der Waals surface area contributed by atoms with Gasteiger partial charge in [-0.05, 0) is 12.1 Å². The first-order valence-electron chi connectivity index (χ1n) is 4.65. The van der Waals surface area contributed by atoms with Gasteiger partial charge in [0.25, 0.3) is 0 Å². The van der Waals surface area contributed by atoms with E-state index < -0.39 is 11.7 Å². The number of benzene rings is 1. The van der Waals surface area contributed by atoms with Crippen molar-refractivity contribution in [2.24, 2.45) is 0 Å². The van der Waals surface area contributed by atoms with E-state index >= 15 is 0 Å². The summed E-state index contributed by atoms with van der Waals surface area (Å²) in [5, 5.41) is -0.325. The molecule has 2 rings (SSSR count). The van der Waals surface area contributed by atoms with Crippen molar-refractivity contribution < 1.29 is 13.2 Å². The number of hydrogen-bond donors (Lipinski definition) is 1. The first kappa shape index (κ1) is 13.6. The molecule has 0 saturated carbocycles. The van der Waals surface area contributed by atoms with E-state index in [1.54, 1.807) is 10.2 Å². The predicted molar refractivity (Wildman–Crippen MR) is 69.7 cm³/mol. The average molecular weight is 311 g/mol. The summed E-state index contributed by atoms with van der Waals surface area (Å²) in [5.74, 6) is 0. The van der Waals surface area contributed by atoms with Crippen LogP contribution < -0.4 is 0 Å². The minimum absolute atomic E-state index is 0.325. The summed E-state index contributed by atoms with van der Waals surface area (Å²) in [5.41, 5.74) is -0.0821. The molecule has 0 radical (unpaired) electrons. The second kappa shape index (κ2) is 5.07. The summed E-state index contributed by atoms with van der Waals surface area (Å²) in [6, 6.07) is 3.69. The van der Waals surface area contributed by atoms with Crippen molar-refractivity contribution in [3.05, 3.63) is 41.3 Å². The van der Waals surface area contributed by atoms with Crippen LogP contribution in [0.5, 0.6) is 0 Å². The highest BCUT2D eigenvalue weighted by atomic mass is 35.5. The number of thiol groups is 1. The largest absolute Gasteiger partial charge is 0.417 e. The van der Waals surface area contributed by atoms with E-state index in [1.165, 1.54) is 18.5 Å². The van der Waals surface area contributed by atoms with E-state index in [1.807, 2.05) is 0 Å². The highest BCUT2D eigenvalue weighted by molar-refractivity contribution is 8.67. The van der Waals surface area contributed by atoms with Gasteiger partial charge in [0.15, 0.2) is 0 Å². The van der Waals surface area contributed by atoms with E-state index in [-0.39, 0.29) is 5.02 Å². The average Bonchev–Trinajstić information content (AvgIpc) is 2.76. The van der Waals surface area contributed by atoms with Crippen LogP contribution in [0.25, 0.3) is 11.3 Å². The molecule has 0 aliphatic carbocycles. The van der Waals surface area contributed by atoms with Gasteiger partial charge >= 0.3 is 6.18 Å². The third kappa shape index (κ3) is 2.78. The lowest BCUT2D eigenvalue weighted by Gasteiger charge is -2.09. The standard InChI is InChI=1S/C10H6ClF3N2S2/c11-8-2-1-6(3-7(8)10(12,13)14)9-4-16(18-17)5-15-9/h1-5,17H. The van der Waals surface area contributed by atoms with Gasteiger partial charge < -0.3 is 0 Å². The van der Waals surface area contributed by atoms with Gasteiger partial charge in [-0.1, -0.05) is 29.3 Å². The van der Waals surface area contributed by atoms with Gasteiger partial charge in [0, 0.05) is 22.7 Å². The van der Waals surface area contributed by atoms with Crippen molar-refractivity contribution in [3.8, 4) is 11.3 Å². The molecule has 1 aromatic carbocycles. The summed E-state index contributed by atoms with van der Waals surface area (Å²) in [4.78, 5) is 3.99. The van der Waals surface area contributed by atoms with Crippen LogP contribution >= 0.6 is 34.2 Å². The zero-order valence-corrected chi connectivity index (χ0v) is 11.1. The van der Waals surface area contributed by atoms with Crippen LogP contribution in [0.3, 0.4) is 0 Å². The molecule has 0 amide bonds. The second-order valence-electron chi connectivity index (χ2n) is 3.39. The first-order chi connectivity index (χ1) is 8.41. The Morgan fingerprint density at radius 3 is 2.61 bits per heavy atom. The van der Waals surface area contributed by atoms with Gasteiger partial charge in [-0.15, -0.1) is 0 Å². The summed E-state index contributed by atoms with van der Waals surface area (Å²) in [6.07, 6.45) is -1.43. The molecule has 18 heavy (non-hydrogen) atoms. The van der Waals surface area contributed by atoms with Crippen molar-refractivity contribution in [1.82, 2.24) is 8.96 Å². The number of alkyl halides is 3. The third-order valence-electron chi connectivity index (χ3n) is 2.22. The molecule has 0 spiro atoms. The number of halogens is 4. The van der Waals surface area contributed by atoms with E-state index in [0.717, 1.165) is 17.0 Å². The van der Waals surface area contributed by atoms with Crippen molar-refractivity contribution >= 4 is 34.2 Å². The lowest BCUT2D eigenvalue weighted by molar-refractivity contribution is -0.137. The molecule has 1 aromatic heterocycles. The molecule has 0 unspecified atom stereocenters. The van der Waals surface area contributed by atoms with Crippen molar-refractivity contribution in [1.29, 1.82) is 0 Å². The van der Waals surface area contributed by atoms with E-state index in [9.17, 15) is 13.2 Å². The van der Waals surface area contributed by atoms with Gasteiger partial charge in [0.1, 0.15) is 6.33 Å². The maximum absolute atomic E-state index is 12.7. The molecule has 0 saturated heterocycles. The summed E-state index contributed by atoms with van der Waals surface area (Å²) >= 11 is 9.50. The summed E-state index contributed by atoms with van der Waals surface area (Å²) in [7, 11) is 1.10. The molecule has 0 fully saturated rings. The Labute approximate surface area is 115 Å². The van der Waals surface area contributed by atoms with Crippen LogP contribution in [-0.2, 0) is 6.18 Å². The molecule has 0 N–H and O–H groups in total. The SMILES string of the molecule is FC(F)(F)c1cc(-c2cn(SS)cn2)ccc1Cl. The van der Waals surface area contributed by atoms with E-state index in [4.69, 9.17) is 11.6 Å². The first-order valence-corrected chi connectivity index (χ1v) is 6.85. The Morgan fingerprint density at radius 1 is 1.33 bits per heavy atom. The third-order valence-corrected chi connectivity index (χ3v) is 3.51. The molecule has 0 bridgehead atoms. The van der Waals surface area contributed by atoms with Crippen LogP contribution in [0.1, 0.15) is 5.56 Å². The molecule has 2 nitrogen and oxygen atoms in total. The van der Waals surface area contributed by atoms with Gasteiger partial charge in [0.05, 0.1) is 16.3 Å². The van der Waals surface area contributed by atoms with Crippen LogP contribution in [0.15, 0.2) is 30.7 Å². The summed E-state index contributed by atoms with van der Waals surface area (Å²) < 4.78 is 39.6. The van der Waals surface area contributed by atoms with Gasteiger partial charge in [-0.3, -0.25) is 3.97 Å². The van der Waals surface area contributed by atoms with Crippen LogP contribution in [-0.4, -0.2) is 8.96 Å². The van der Waals surface area contributed by atoms with Crippen LogP contribution in [0.4, 0.5) is 13.2 Å². The predicted octanol–water partition coefficient (Wildman–Crippen LogP) is 4.56. The molecular formula is C10H6ClF3N2S2. The van der Waals surface area contributed by atoms with E-state index in [2.05, 4.69) is 16.6 Å². The van der Waals surface area contributed by atoms with Gasteiger partial charge in [-0.2, -0.15) is 13.2 Å². The number of imidazole rings is 1. The minimum Gasteiger partial charge on any atom is -0.270 e. The van der Waals surface area contributed by atoms with Gasteiger partial charge in [-0.25, -0.2) is 4.98 Å². The zero-order chi connectivity index (χ0) is 13.3. The molecule has 8 heteroatoms. The quantitative estimate of drug-likeness (QED) is 0.647. The van der Waals surface area contributed by atoms with Crippen molar-refractivity contribution in [2.75, 3.05) is 0 Å². The lowest BCUT2D eigenvalue weighted by atomic mass is 10.1. The molecule has 0 atom stereocenters.